The second-order valence-corrected chi connectivity index (χ2v) is 6.99. The Balaban J connectivity index is 1.81. The Morgan fingerprint density at radius 2 is 1.83 bits per heavy atom. The van der Waals surface area contributed by atoms with E-state index in [-0.39, 0.29) is 5.56 Å². The van der Waals surface area contributed by atoms with Crippen LogP contribution in [0, 0.1) is 0 Å². The molecule has 0 atom stereocenters. The zero-order chi connectivity index (χ0) is 16.7. The predicted octanol–water partition coefficient (Wildman–Crippen LogP) is 3.67. The van der Waals surface area contributed by atoms with Gasteiger partial charge in [-0.2, -0.15) is 9.50 Å². The molecule has 2 aromatic carbocycles. The number of hydrogen-bond donors (Lipinski definition) is 0. The smallest absolute Gasteiger partial charge is 0.266 e. The second kappa shape index (κ2) is 6.02. The summed E-state index contributed by atoms with van der Waals surface area (Å²) in [6.07, 6.45) is 1.80. The topological polar surface area (TPSA) is 47.3 Å². The number of rotatable bonds is 2. The molecule has 2 aromatic heterocycles. The van der Waals surface area contributed by atoms with Gasteiger partial charge >= 0.3 is 0 Å². The monoisotopic (exact) mass is 373 g/mol. The van der Waals surface area contributed by atoms with E-state index in [9.17, 15) is 4.79 Å². The fourth-order valence-electron chi connectivity index (χ4n) is 2.29. The Hall–Kier alpha value is -2.21. The molecule has 0 bridgehead atoms. The molecule has 0 aliphatic carbocycles. The van der Waals surface area contributed by atoms with Crippen molar-refractivity contribution in [3.05, 3.63) is 79.0 Å². The molecule has 4 nitrogen and oxygen atoms in total. The molecule has 0 N–H and O–H groups in total. The van der Waals surface area contributed by atoms with Gasteiger partial charge in [0, 0.05) is 15.6 Å². The Morgan fingerprint density at radius 3 is 2.54 bits per heavy atom. The number of benzene rings is 2. The molecule has 0 amide bonds. The van der Waals surface area contributed by atoms with E-state index in [4.69, 9.17) is 23.2 Å². The fraction of sp³-hybridized carbons (Fsp3) is 0. The average Bonchev–Trinajstić information content (AvgIpc) is 3.10. The molecule has 0 unspecified atom stereocenters. The summed E-state index contributed by atoms with van der Waals surface area (Å²) in [5.74, 6) is 0.485. The van der Waals surface area contributed by atoms with Crippen molar-refractivity contribution < 1.29 is 0 Å². The molecule has 24 heavy (non-hydrogen) atoms. The highest BCUT2D eigenvalue weighted by molar-refractivity contribution is 7.15. The zero-order valence-corrected chi connectivity index (χ0v) is 14.4. The Morgan fingerprint density at radius 1 is 1.04 bits per heavy atom. The van der Waals surface area contributed by atoms with Crippen LogP contribution in [-0.4, -0.2) is 14.6 Å². The highest BCUT2D eigenvalue weighted by Crippen LogP contribution is 2.20. The summed E-state index contributed by atoms with van der Waals surface area (Å²) < 4.78 is 1.90. The van der Waals surface area contributed by atoms with Gasteiger partial charge in [-0.25, -0.2) is 0 Å². The van der Waals surface area contributed by atoms with Gasteiger partial charge in [-0.1, -0.05) is 58.8 Å². The zero-order valence-electron chi connectivity index (χ0n) is 12.1. The molecule has 7 heteroatoms. The van der Waals surface area contributed by atoms with Crippen LogP contribution in [-0.2, 0) is 0 Å². The molecule has 0 spiro atoms. The fourth-order valence-corrected chi connectivity index (χ4v) is 3.52. The van der Waals surface area contributed by atoms with E-state index in [2.05, 4.69) is 10.1 Å². The molecule has 0 aliphatic heterocycles. The molecule has 4 aromatic rings. The van der Waals surface area contributed by atoms with Gasteiger partial charge in [0.05, 0.1) is 4.53 Å². The van der Waals surface area contributed by atoms with Gasteiger partial charge in [0.15, 0.2) is 5.82 Å². The van der Waals surface area contributed by atoms with Crippen molar-refractivity contribution in [1.29, 1.82) is 0 Å². The summed E-state index contributed by atoms with van der Waals surface area (Å²) in [6.45, 7) is 0. The van der Waals surface area contributed by atoms with Crippen LogP contribution in [0.25, 0.3) is 22.4 Å². The largest absolute Gasteiger partial charge is 0.291 e. The van der Waals surface area contributed by atoms with Crippen molar-refractivity contribution in [2.24, 2.45) is 0 Å². The van der Waals surface area contributed by atoms with Crippen molar-refractivity contribution in [3.63, 3.8) is 0 Å². The third-order valence-electron chi connectivity index (χ3n) is 3.43. The molecule has 4 rings (SSSR count). The number of halogens is 2. The van der Waals surface area contributed by atoms with Crippen molar-refractivity contribution in [2.45, 2.75) is 0 Å². The van der Waals surface area contributed by atoms with Crippen molar-refractivity contribution in [1.82, 2.24) is 14.6 Å². The van der Waals surface area contributed by atoms with Crippen LogP contribution < -0.4 is 10.1 Å². The molecule has 0 aliphatic rings. The summed E-state index contributed by atoms with van der Waals surface area (Å²) in [6, 6.07) is 14.5. The summed E-state index contributed by atoms with van der Waals surface area (Å²) in [4.78, 5) is 17.5. The minimum absolute atomic E-state index is 0.189. The van der Waals surface area contributed by atoms with Gasteiger partial charge in [0.25, 0.3) is 5.56 Å². The SMILES string of the molecule is O=c1c(=Cc2ccc(Cl)cc2)sc2nc(-c3cccc(Cl)c3)nn12. The molecule has 118 valence electrons. The molecular weight excluding hydrogens is 365 g/mol. The van der Waals surface area contributed by atoms with Crippen molar-refractivity contribution in [3.8, 4) is 11.4 Å². The first-order valence-corrected chi connectivity index (χ1v) is 8.60. The third kappa shape index (κ3) is 2.82. The maximum atomic E-state index is 12.5. The predicted molar refractivity (Wildman–Crippen MR) is 97.8 cm³/mol. The molecule has 0 radical (unpaired) electrons. The quantitative estimate of drug-likeness (QED) is 0.538. The van der Waals surface area contributed by atoms with Crippen LogP contribution in [0.2, 0.25) is 10.0 Å². The van der Waals surface area contributed by atoms with Crippen LogP contribution in [0.5, 0.6) is 0 Å². The minimum Gasteiger partial charge on any atom is -0.266 e. The van der Waals surface area contributed by atoms with Gasteiger partial charge < -0.3 is 0 Å². The molecular formula is C17H9Cl2N3OS. The maximum Gasteiger partial charge on any atom is 0.291 e. The normalized spacial score (nSPS) is 12.2. The molecule has 0 saturated carbocycles. The van der Waals surface area contributed by atoms with Gasteiger partial charge in [-0.15, -0.1) is 5.10 Å². The highest BCUT2D eigenvalue weighted by Gasteiger charge is 2.12. The summed E-state index contributed by atoms with van der Waals surface area (Å²) in [5, 5.41) is 5.56. The van der Waals surface area contributed by atoms with E-state index in [0.717, 1.165) is 11.1 Å². The van der Waals surface area contributed by atoms with E-state index in [1.54, 1.807) is 30.3 Å². The Kier molecular flexibility index (Phi) is 3.84. The number of thiazole rings is 1. The van der Waals surface area contributed by atoms with Crippen LogP contribution in [0.1, 0.15) is 5.56 Å². The summed E-state index contributed by atoms with van der Waals surface area (Å²) in [5.41, 5.74) is 1.49. The highest BCUT2D eigenvalue weighted by atomic mass is 35.5. The first kappa shape index (κ1) is 15.3. The van der Waals surface area contributed by atoms with E-state index in [1.165, 1.54) is 15.9 Å². The van der Waals surface area contributed by atoms with Crippen molar-refractivity contribution >= 4 is 45.6 Å². The number of fused-ring (bicyclic) bond motifs is 1. The van der Waals surface area contributed by atoms with E-state index >= 15 is 0 Å². The van der Waals surface area contributed by atoms with Crippen LogP contribution in [0.3, 0.4) is 0 Å². The third-order valence-corrected chi connectivity index (χ3v) is 4.88. The Labute approximate surface area is 150 Å². The summed E-state index contributed by atoms with van der Waals surface area (Å²) in [7, 11) is 0. The standard InChI is InChI=1S/C17H9Cl2N3OS/c18-12-6-4-10(5-7-12)8-14-16(23)22-17(24-14)20-15(21-22)11-2-1-3-13(19)9-11/h1-9H. The number of aromatic nitrogens is 3. The Bertz CT molecular complexity index is 1150. The van der Waals surface area contributed by atoms with E-state index in [1.807, 2.05) is 24.3 Å². The number of nitrogens with zero attached hydrogens (tertiary/aromatic N) is 3. The van der Waals surface area contributed by atoms with Gasteiger partial charge in [0.1, 0.15) is 0 Å². The average molecular weight is 374 g/mol. The van der Waals surface area contributed by atoms with E-state index in [0.29, 0.717) is 25.4 Å². The lowest BCUT2D eigenvalue weighted by molar-refractivity contribution is 0.937. The lowest BCUT2D eigenvalue weighted by Gasteiger charge is -1.94. The lowest BCUT2D eigenvalue weighted by Crippen LogP contribution is -2.23. The first-order chi connectivity index (χ1) is 11.6. The van der Waals surface area contributed by atoms with Crippen LogP contribution in [0.4, 0.5) is 0 Å². The van der Waals surface area contributed by atoms with Crippen LogP contribution in [0.15, 0.2) is 53.3 Å². The van der Waals surface area contributed by atoms with E-state index < -0.39 is 0 Å². The molecule has 0 saturated heterocycles. The second-order valence-electron chi connectivity index (χ2n) is 5.11. The maximum absolute atomic E-state index is 12.5. The lowest BCUT2D eigenvalue weighted by atomic mass is 10.2. The van der Waals surface area contributed by atoms with Gasteiger partial charge in [-0.3, -0.25) is 4.79 Å². The van der Waals surface area contributed by atoms with Crippen LogP contribution >= 0.6 is 34.5 Å². The van der Waals surface area contributed by atoms with Crippen molar-refractivity contribution in [2.75, 3.05) is 0 Å². The molecule has 0 fully saturated rings. The summed E-state index contributed by atoms with van der Waals surface area (Å²) >= 11 is 13.2. The minimum atomic E-state index is -0.189. The van der Waals surface area contributed by atoms with Gasteiger partial charge in [-0.05, 0) is 35.9 Å². The van der Waals surface area contributed by atoms with Gasteiger partial charge in [0.2, 0.25) is 4.96 Å². The first-order valence-electron chi connectivity index (χ1n) is 7.03. The number of hydrogen-bond acceptors (Lipinski definition) is 4. The molecule has 2 heterocycles.